The Labute approximate surface area is 102 Å². The van der Waals surface area contributed by atoms with E-state index < -0.39 is 4.65 Å². The molecule has 0 radical (unpaired) electrons. The van der Waals surface area contributed by atoms with Crippen LogP contribution in [0.5, 0.6) is 0 Å². The summed E-state index contributed by atoms with van der Waals surface area (Å²) in [5.74, 6) is -0.345. The lowest BCUT2D eigenvalue weighted by Gasteiger charge is -2.38. The number of rotatable bonds is 2. The Morgan fingerprint density at radius 1 is 1.24 bits per heavy atom. The van der Waals surface area contributed by atoms with Gasteiger partial charge in [-0.3, -0.25) is 4.65 Å². The maximum absolute atomic E-state index is 12.7. The third-order valence-corrected chi connectivity index (χ3v) is 3.08. The Bertz CT molecular complexity index is 532. The number of halogens is 1. The first-order valence-electron chi connectivity index (χ1n) is 5.00. The SMILES string of the molecule is O=S=C1C=CC=C[N+]1([O-])Cc1ccc(F)cc1. The summed E-state index contributed by atoms with van der Waals surface area (Å²) in [6.45, 7) is 0.0890. The number of allylic oxidation sites excluding steroid dienone is 2. The lowest BCUT2D eigenvalue weighted by molar-refractivity contribution is -0.744. The summed E-state index contributed by atoms with van der Waals surface area (Å²) in [5, 5.41) is 12.4. The van der Waals surface area contributed by atoms with Gasteiger partial charge in [0.25, 0.3) is 0 Å². The molecule has 3 nitrogen and oxygen atoms in total. The highest BCUT2D eigenvalue weighted by atomic mass is 32.1. The zero-order valence-corrected chi connectivity index (χ0v) is 9.69. The maximum atomic E-state index is 12.7. The number of hydrogen-bond donors (Lipinski definition) is 0. The molecule has 1 aromatic rings. The molecule has 0 spiro atoms. The van der Waals surface area contributed by atoms with Gasteiger partial charge < -0.3 is 5.21 Å². The molecule has 17 heavy (non-hydrogen) atoms. The van der Waals surface area contributed by atoms with Crippen LogP contribution in [0.4, 0.5) is 4.39 Å². The van der Waals surface area contributed by atoms with Crippen LogP contribution in [-0.2, 0) is 17.8 Å². The van der Waals surface area contributed by atoms with Gasteiger partial charge in [-0.05, 0) is 18.2 Å². The van der Waals surface area contributed by atoms with E-state index in [2.05, 4.69) is 0 Å². The van der Waals surface area contributed by atoms with Crippen LogP contribution < -0.4 is 0 Å². The fourth-order valence-electron chi connectivity index (χ4n) is 1.61. The predicted molar refractivity (Wildman–Crippen MR) is 65.2 cm³/mol. The van der Waals surface area contributed by atoms with Crippen molar-refractivity contribution >= 4 is 16.2 Å². The molecule has 0 N–H and O–H groups in total. The lowest BCUT2D eigenvalue weighted by atomic mass is 10.2. The molecule has 1 aromatic carbocycles. The van der Waals surface area contributed by atoms with E-state index in [0.29, 0.717) is 5.56 Å². The van der Waals surface area contributed by atoms with Crippen molar-refractivity contribution in [3.8, 4) is 0 Å². The van der Waals surface area contributed by atoms with E-state index in [-0.39, 0.29) is 28.6 Å². The molecule has 0 bridgehead atoms. The van der Waals surface area contributed by atoms with Crippen molar-refractivity contribution in [2.75, 3.05) is 0 Å². The van der Waals surface area contributed by atoms with E-state index in [1.165, 1.54) is 24.4 Å². The van der Waals surface area contributed by atoms with Crippen molar-refractivity contribution < 1.29 is 13.2 Å². The molecule has 0 aromatic heterocycles. The van der Waals surface area contributed by atoms with Crippen molar-refractivity contribution in [2.45, 2.75) is 6.54 Å². The highest BCUT2D eigenvalue weighted by Crippen LogP contribution is 2.18. The van der Waals surface area contributed by atoms with Crippen molar-refractivity contribution in [1.82, 2.24) is 0 Å². The quantitative estimate of drug-likeness (QED) is 0.458. The molecule has 1 aliphatic rings. The maximum Gasteiger partial charge on any atom is 0.231 e. The molecule has 1 aliphatic heterocycles. The Hall–Kier alpha value is -1.56. The number of hydrogen-bond acceptors (Lipinski definition) is 2. The first kappa shape index (κ1) is 11.9. The first-order valence-corrected chi connectivity index (χ1v) is 5.75. The monoisotopic (exact) mass is 251 g/mol. The van der Waals surface area contributed by atoms with Gasteiger partial charge in [-0.25, -0.2) is 8.60 Å². The molecular weight excluding hydrogens is 241 g/mol. The molecule has 0 saturated heterocycles. The van der Waals surface area contributed by atoms with Crippen LogP contribution in [0, 0.1) is 11.0 Å². The van der Waals surface area contributed by atoms with Crippen molar-refractivity contribution in [1.29, 1.82) is 0 Å². The van der Waals surface area contributed by atoms with Crippen molar-refractivity contribution in [3.05, 3.63) is 65.3 Å². The molecular formula is C12H10FNO2S. The van der Waals surface area contributed by atoms with E-state index in [4.69, 9.17) is 0 Å². The van der Waals surface area contributed by atoms with Gasteiger partial charge in [0.15, 0.2) is 11.3 Å². The van der Waals surface area contributed by atoms with Crippen LogP contribution in [0.2, 0.25) is 0 Å². The van der Waals surface area contributed by atoms with Gasteiger partial charge in [0.05, 0.1) is 0 Å². The van der Waals surface area contributed by atoms with Crippen LogP contribution in [-0.4, -0.2) is 13.8 Å². The summed E-state index contributed by atoms with van der Waals surface area (Å²) in [6, 6.07) is 5.70. The minimum absolute atomic E-state index is 0.0890. The topological polar surface area (TPSA) is 40.1 Å². The fourth-order valence-corrected chi connectivity index (χ4v) is 1.99. The van der Waals surface area contributed by atoms with Gasteiger partial charge in [-0.15, -0.1) is 0 Å². The highest BCUT2D eigenvalue weighted by molar-refractivity contribution is 7.66. The number of quaternary nitrogens is 1. The summed E-state index contributed by atoms with van der Waals surface area (Å²) in [6.07, 6.45) is 6.17. The Morgan fingerprint density at radius 3 is 2.59 bits per heavy atom. The van der Waals surface area contributed by atoms with E-state index in [0.717, 1.165) is 0 Å². The van der Waals surface area contributed by atoms with Crippen LogP contribution in [0.3, 0.4) is 0 Å². The molecule has 0 amide bonds. The second kappa shape index (κ2) is 4.75. The van der Waals surface area contributed by atoms with Crippen LogP contribution >= 0.6 is 0 Å². The molecule has 1 unspecified atom stereocenters. The molecule has 2 rings (SSSR count). The van der Waals surface area contributed by atoms with Gasteiger partial charge in [0, 0.05) is 11.6 Å². The van der Waals surface area contributed by atoms with Crippen molar-refractivity contribution in [3.63, 3.8) is 0 Å². The smallest absolute Gasteiger partial charge is 0.231 e. The zero-order chi connectivity index (χ0) is 12.3. The normalized spacial score (nSPS) is 22.8. The molecule has 0 aliphatic carbocycles. The summed E-state index contributed by atoms with van der Waals surface area (Å²) in [4.78, 5) is 0.178. The minimum Gasteiger partial charge on any atom is -0.621 e. The number of benzene rings is 1. The largest absolute Gasteiger partial charge is 0.621 e. The summed E-state index contributed by atoms with van der Waals surface area (Å²) >= 11 is 0.189. The van der Waals surface area contributed by atoms with Gasteiger partial charge in [-0.1, -0.05) is 18.2 Å². The fraction of sp³-hybridized carbons (Fsp3) is 0.0833. The van der Waals surface area contributed by atoms with Gasteiger partial charge in [0.1, 0.15) is 18.6 Å². The second-order valence-electron chi connectivity index (χ2n) is 3.70. The molecule has 0 fully saturated rings. The molecule has 1 atom stereocenters. The highest BCUT2D eigenvalue weighted by Gasteiger charge is 2.22. The Kier molecular flexibility index (Phi) is 3.33. The standard InChI is InChI=1S/C12H10FNO2S/c13-11-6-4-10(5-7-11)9-14(15)8-2-1-3-12(14)17-16/h1-8H,9H2. The van der Waals surface area contributed by atoms with E-state index in [1.54, 1.807) is 24.3 Å². The average molecular weight is 251 g/mol. The first-order chi connectivity index (χ1) is 8.14. The van der Waals surface area contributed by atoms with E-state index in [9.17, 15) is 13.8 Å². The Balaban J connectivity index is 2.28. The lowest BCUT2D eigenvalue weighted by Crippen LogP contribution is -2.41. The average Bonchev–Trinajstić information content (AvgIpc) is 2.32. The summed E-state index contributed by atoms with van der Waals surface area (Å²) in [7, 11) is 0. The minimum atomic E-state index is -0.823. The second-order valence-corrected chi connectivity index (χ2v) is 4.29. The number of nitrogens with zero attached hydrogens (tertiary/aromatic N) is 1. The third kappa shape index (κ3) is 2.58. The van der Waals surface area contributed by atoms with Crippen molar-refractivity contribution in [2.24, 2.45) is 0 Å². The van der Waals surface area contributed by atoms with Gasteiger partial charge in [-0.2, -0.15) is 0 Å². The van der Waals surface area contributed by atoms with Crippen LogP contribution in [0.25, 0.3) is 0 Å². The van der Waals surface area contributed by atoms with Gasteiger partial charge >= 0.3 is 0 Å². The summed E-state index contributed by atoms with van der Waals surface area (Å²) in [5.41, 5.74) is 0.688. The van der Waals surface area contributed by atoms with E-state index >= 15 is 0 Å². The zero-order valence-electron chi connectivity index (χ0n) is 8.88. The van der Waals surface area contributed by atoms with Crippen LogP contribution in [0.15, 0.2) is 48.7 Å². The predicted octanol–water partition coefficient (Wildman–Crippen LogP) is 2.07. The number of hydroxylamine groups is 3. The molecule has 5 heteroatoms. The molecule has 1 heterocycles. The van der Waals surface area contributed by atoms with E-state index in [1.807, 2.05) is 0 Å². The van der Waals surface area contributed by atoms with Gasteiger partial charge in [0.2, 0.25) is 4.99 Å². The van der Waals surface area contributed by atoms with Crippen LogP contribution in [0.1, 0.15) is 5.56 Å². The Morgan fingerprint density at radius 2 is 1.94 bits per heavy atom. The third-order valence-electron chi connectivity index (χ3n) is 2.47. The molecule has 88 valence electrons. The molecule has 0 saturated carbocycles. The summed E-state index contributed by atoms with van der Waals surface area (Å²) < 4.78 is 22.8.